The number of allylic oxidation sites excluding steroid dienone is 1. The zero-order valence-corrected chi connectivity index (χ0v) is 29.9. The molecule has 10 nitrogen and oxygen atoms in total. The summed E-state index contributed by atoms with van der Waals surface area (Å²) in [7, 11) is 1.71. The Morgan fingerprint density at radius 3 is 2.49 bits per heavy atom. The van der Waals surface area contributed by atoms with Crippen LogP contribution in [-0.2, 0) is 28.7 Å². The molecule has 3 amide bonds. The molecule has 3 fully saturated rings. The van der Waals surface area contributed by atoms with Crippen LogP contribution in [0.2, 0.25) is 0 Å². The van der Waals surface area contributed by atoms with E-state index < -0.39 is 47.7 Å². The standard InChI is InChI=1S/C39H57N3O7/c1-7-10-21-31(44)40(6)28(5)34(29-19-14-13-15-20-29)48-38(47)32-30-22-23-39(49-30)33(32)36(45)42(25-16-11-12-17-26-43)35(39)37(46)41(24-9-3)27(4)18-8-2/h7,9,13-15,19-20,27-28,30,32-35,43H,1,3,8,10-12,16-18,21-26H2,2,4-6H3/t27?,28-,30-,32+,33+,34+,35-,39+/m1/s1. The summed E-state index contributed by atoms with van der Waals surface area (Å²) in [6.45, 7) is 14.4. The number of rotatable bonds is 20. The van der Waals surface area contributed by atoms with Crippen molar-refractivity contribution in [2.24, 2.45) is 11.8 Å². The summed E-state index contributed by atoms with van der Waals surface area (Å²) >= 11 is 0. The Balaban J connectivity index is 1.67. The largest absolute Gasteiger partial charge is 0.455 e. The number of benzene rings is 1. The Kier molecular flexibility index (Phi) is 13.6. The summed E-state index contributed by atoms with van der Waals surface area (Å²) in [6.07, 6.45) is 8.62. The number of carbonyl (C=O) groups is 4. The number of likely N-dealkylation sites (N-methyl/N-ethyl adjacent to an activating group) is 1. The summed E-state index contributed by atoms with van der Waals surface area (Å²) < 4.78 is 13.0. The molecule has 3 aliphatic rings. The second-order valence-electron chi connectivity index (χ2n) is 14.0. The SMILES string of the molecule is C=CCCC(=O)N(C)[C@H](C)[C@H](OC(=O)[C@@H]1[C@H]2C(=O)N(CCCCCCO)[C@H](C(=O)N(CC=C)C(C)CCC)[C@]23CC[C@H]1O3)c1ccccc1. The molecule has 1 aromatic carbocycles. The van der Waals surface area contributed by atoms with Crippen LogP contribution in [-0.4, -0.2) is 100 Å². The fraction of sp³-hybridized carbons (Fsp3) is 0.641. The lowest BCUT2D eigenvalue weighted by atomic mass is 9.70. The first-order chi connectivity index (χ1) is 23.6. The first-order valence-corrected chi connectivity index (χ1v) is 18.2. The number of ether oxygens (including phenoxy) is 2. The molecule has 1 aromatic rings. The monoisotopic (exact) mass is 679 g/mol. The maximum atomic E-state index is 14.6. The lowest BCUT2D eigenvalue weighted by Gasteiger charge is -2.39. The van der Waals surface area contributed by atoms with Gasteiger partial charge in [0.05, 0.1) is 24.0 Å². The number of carbonyl (C=O) groups excluding carboxylic acids is 4. The third-order valence-corrected chi connectivity index (χ3v) is 10.8. The molecule has 8 atom stereocenters. The molecule has 1 unspecified atom stereocenters. The van der Waals surface area contributed by atoms with Gasteiger partial charge in [-0.05, 0) is 57.9 Å². The molecular formula is C39H57N3O7. The van der Waals surface area contributed by atoms with Crippen LogP contribution in [0, 0.1) is 11.8 Å². The Morgan fingerprint density at radius 2 is 1.84 bits per heavy atom. The van der Waals surface area contributed by atoms with E-state index in [0.29, 0.717) is 51.6 Å². The topological polar surface area (TPSA) is 117 Å². The van der Waals surface area contributed by atoms with E-state index >= 15 is 0 Å². The predicted octanol–water partition coefficient (Wildman–Crippen LogP) is 5.21. The van der Waals surface area contributed by atoms with Crippen molar-refractivity contribution in [1.82, 2.24) is 14.7 Å². The van der Waals surface area contributed by atoms with E-state index in [0.717, 1.165) is 31.2 Å². The summed E-state index contributed by atoms with van der Waals surface area (Å²) in [5, 5.41) is 9.26. The van der Waals surface area contributed by atoms with Crippen molar-refractivity contribution < 1.29 is 33.8 Å². The minimum Gasteiger partial charge on any atom is -0.455 e. The highest BCUT2D eigenvalue weighted by Crippen LogP contribution is 2.59. The van der Waals surface area contributed by atoms with E-state index in [1.54, 1.807) is 33.9 Å². The fourth-order valence-corrected chi connectivity index (χ4v) is 8.17. The molecule has 2 bridgehead atoms. The second-order valence-corrected chi connectivity index (χ2v) is 14.0. The minimum absolute atomic E-state index is 0.0638. The summed E-state index contributed by atoms with van der Waals surface area (Å²) in [6, 6.07) is 7.93. The quantitative estimate of drug-likeness (QED) is 0.114. The van der Waals surface area contributed by atoms with Crippen molar-refractivity contribution in [2.45, 2.75) is 121 Å². The van der Waals surface area contributed by atoms with E-state index in [-0.39, 0.29) is 30.4 Å². The van der Waals surface area contributed by atoms with Gasteiger partial charge in [-0.1, -0.05) is 68.7 Å². The average Bonchev–Trinajstić information content (AvgIpc) is 3.75. The molecule has 1 spiro atoms. The molecule has 1 N–H and O–H groups in total. The lowest BCUT2D eigenvalue weighted by Crippen LogP contribution is -2.57. The van der Waals surface area contributed by atoms with Gasteiger partial charge in [0.25, 0.3) is 0 Å². The molecule has 270 valence electrons. The highest BCUT2D eigenvalue weighted by molar-refractivity contribution is 5.98. The van der Waals surface area contributed by atoms with Gasteiger partial charge in [-0.15, -0.1) is 13.2 Å². The molecule has 4 rings (SSSR count). The van der Waals surface area contributed by atoms with Gasteiger partial charge in [-0.2, -0.15) is 0 Å². The van der Waals surface area contributed by atoms with Gasteiger partial charge in [0.15, 0.2) is 0 Å². The summed E-state index contributed by atoms with van der Waals surface area (Å²) in [4.78, 5) is 61.6. The Bertz CT molecular complexity index is 1320. The molecule has 3 aliphatic heterocycles. The zero-order chi connectivity index (χ0) is 35.7. The van der Waals surface area contributed by atoms with Gasteiger partial charge in [-0.3, -0.25) is 19.2 Å². The van der Waals surface area contributed by atoms with E-state index in [4.69, 9.17) is 9.47 Å². The summed E-state index contributed by atoms with van der Waals surface area (Å²) in [5.74, 6) is -2.77. The first-order valence-electron chi connectivity index (χ1n) is 18.2. The highest BCUT2D eigenvalue weighted by atomic mass is 16.6. The van der Waals surface area contributed by atoms with Gasteiger partial charge in [-0.25, -0.2) is 0 Å². The van der Waals surface area contributed by atoms with Crippen molar-refractivity contribution in [3.63, 3.8) is 0 Å². The van der Waals surface area contributed by atoms with Gasteiger partial charge >= 0.3 is 5.97 Å². The van der Waals surface area contributed by atoms with Crippen molar-refractivity contribution in [1.29, 1.82) is 0 Å². The smallest absolute Gasteiger partial charge is 0.313 e. The Labute approximate surface area is 292 Å². The molecule has 3 heterocycles. The van der Waals surface area contributed by atoms with E-state index in [2.05, 4.69) is 20.1 Å². The maximum absolute atomic E-state index is 14.6. The minimum atomic E-state index is -1.13. The van der Waals surface area contributed by atoms with Crippen molar-refractivity contribution in [3.8, 4) is 0 Å². The zero-order valence-electron chi connectivity index (χ0n) is 29.9. The van der Waals surface area contributed by atoms with Crippen LogP contribution in [0.3, 0.4) is 0 Å². The number of likely N-dealkylation sites (tertiary alicyclic amines) is 1. The van der Waals surface area contributed by atoms with Crippen LogP contribution in [0.1, 0.15) is 96.6 Å². The van der Waals surface area contributed by atoms with Crippen molar-refractivity contribution in [3.05, 3.63) is 61.2 Å². The average molecular weight is 680 g/mol. The first kappa shape index (κ1) is 38.3. The van der Waals surface area contributed by atoms with Crippen molar-refractivity contribution >= 4 is 23.7 Å². The number of aliphatic hydroxyl groups is 1. The number of nitrogens with zero attached hydrogens (tertiary/aromatic N) is 3. The third-order valence-electron chi connectivity index (χ3n) is 10.8. The van der Waals surface area contributed by atoms with Crippen LogP contribution in [0.5, 0.6) is 0 Å². The highest BCUT2D eigenvalue weighted by Gasteiger charge is 2.75. The maximum Gasteiger partial charge on any atom is 0.313 e. The lowest BCUT2D eigenvalue weighted by molar-refractivity contribution is -0.164. The molecule has 0 saturated carbocycles. The number of esters is 1. The van der Waals surface area contributed by atoms with Crippen LogP contribution in [0.4, 0.5) is 0 Å². The number of hydrogen-bond donors (Lipinski definition) is 1. The van der Waals surface area contributed by atoms with Crippen LogP contribution >= 0.6 is 0 Å². The Morgan fingerprint density at radius 1 is 1.12 bits per heavy atom. The molecule has 3 saturated heterocycles. The molecule has 0 aliphatic carbocycles. The summed E-state index contributed by atoms with van der Waals surface area (Å²) in [5.41, 5.74) is -0.393. The van der Waals surface area contributed by atoms with E-state index in [9.17, 15) is 24.3 Å². The van der Waals surface area contributed by atoms with Gasteiger partial charge < -0.3 is 29.3 Å². The molecular weight excluding hydrogens is 622 g/mol. The predicted molar refractivity (Wildman–Crippen MR) is 188 cm³/mol. The van der Waals surface area contributed by atoms with Gasteiger partial charge in [0, 0.05) is 39.2 Å². The van der Waals surface area contributed by atoms with E-state index in [1.165, 1.54) is 0 Å². The molecule has 0 aromatic heterocycles. The number of fused-ring (bicyclic) bond motifs is 1. The van der Waals surface area contributed by atoms with Gasteiger partial charge in [0.1, 0.15) is 17.7 Å². The number of unbranched alkanes of at least 4 members (excludes halogenated alkanes) is 3. The normalized spacial score (nSPS) is 25.7. The molecule has 10 heteroatoms. The third kappa shape index (κ3) is 7.96. The number of hydrogen-bond acceptors (Lipinski definition) is 7. The van der Waals surface area contributed by atoms with Crippen LogP contribution in [0.25, 0.3) is 0 Å². The number of amides is 3. The fourth-order valence-electron chi connectivity index (χ4n) is 8.17. The Hall–Kier alpha value is -3.50. The second kappa shape index (κ2) is 17.4. The number of aliphatic hydroxyl groups excluding tert-OH is 1. The molecule has 49 heavy (non-hydrogen) atoms. The van der Waals surface area contributed by atoms with Gasteiger partial charge in [0.2, 0.25) is 17.7 Å². The van der Waals surface area contributed by atoms with Crippen LogP contribution in [0.15, 0.2) is 55.6 Å². The van der Waals surface area contributed by atoms with E-state index in [1.807, 2.05) is 44.2 Å². The van der Waals surface area contributed by atoms with Crippen LogP contribution < -0.4 is 0 Å². The van der Waals surface area contributed by atoms with Crippen molar-refractivity contribution in [2.75, 3.05) is 26.7 Å². The molecule has 0 radical (unpaired) electrons.